The summed E-state index contributed by atoms with van der Waals surface area (Å²) in [7, 11) is 0. The summed E-state index contributed by atoms with van der Waals surface area (Å²) < 4.78 is 10.7. The number of carbonyl (C=O) groups excluding carboxylic acids is 1. The molecule has 0 heterocycles. The molecule has 1 aromatic rings. The third kappa shape index (κ3) is 9.21. The van der Waals surface area contributed by atoms with E-state index in [2.05, 4.69) is 12.2 Å². The van der Waals surface area contributed by atoms with E-state index in [1.165, 1.54) is 0 Å². The fraction of sp³-hybridized carbons (Fsp3) is 0.611. The molecule has 0 fully saturated rings. The number of aliphatic hydroxyl groups is 1. The zero-order valence-electron chi connectivity index (χ0n) is 14.4. The summed E-state index contributed by atoms with van der Waals surface area (Å²) in [6, 6.07) is 7.62. The van der Waals surface area contributed by atoms with Crippen molar-refractivity contribution >= 4 is 5.97 Å². The molecule has 0 aliphatic heterocycles. The van der Waals surface area contributed by atoms with E-state index in [0.717, 1.165) is 18.4 Å². The second-order valence-corrected chi connectivity index (χ2v) is 5.92. The van der Waals surface area contributed by atoms with Crippen LogP contribution < -0.4 is 10.1 Å². The van der Waals surface area contributed by atoms with Crippen LogP contribution in [0.2, 0.25) is 0 Å². The van der Waals surface area contributed by atoms with Crippen molar-refractivity contribution in [2.24, 2.45) is 0 Å². The Morgan fingerprint density at radius 2 is 1.96 bits per heavy atom. The summed E-state index contributed by atoms with van der Waals surface area (Å²) in [6.07, 6.45) is 1.63. The Labute approximate surface area is 139 Å². The molecule has 1 aromatic carbocycles. The summed E-state index contributed by atoms with van der Waals surface area (Å²) >= 11 is 0. The van der Waals surface area contributed by atoms with Crippen LogP contribution in [-0.2, 0) is 16.0 Å². The summed E-state index contributed by atoms with van der Waals surface area (Å²) in [5, 5.41) is 12.9. The van der Waals surface area contributed by atoms with Gasteiger partial charge in [-0.3, -0.25) is 4.79 Å². The molecule has 130 valence electrons. The zero-order chi connectivity index (χ0) is 17.1. The van der Waals surface area contributed by atoms with Crippen LogP contribution in [0.5, 0.6) is 5.75 Å². The first-order valence-corrected chi connectivity index (χ1v) is 8.30. The van der Waals surface area contributed by atoms with E-state index in [1.54, 1.807) is 12.1 Å². The highest BCUT2D eigenvalue weighted by molar-refractivity contribution is 5.72. The van der Waals surface area contributed by atoms with Crippen molar-refractivity contribution in [1.29, 1.82) is 0 Å². The van der Waals surface area contributed by atoms with Gasteiger partial charge in [-0.1, -0.05) is 39.3 Å². The summed E-state index contributed by atoms with van der Waals surface area (Å²) in [5.41, 5.74) is 0.890. The molecule has 5 heteroatoms. The van der Waals surface area contributed by atoms with Crippen LogP contribution in [0.3, 0.4) is 0 Å². The summed E-state index contributed by atoms with van der Waals surface area (Å²) in [4.78, 5) is 11.6. The number of rotatable bonds is 11. The van der Waals surface area contributed by atoms with Crippen LogP contribution in [0.1, 0.15) is 39.2 Å². The Kier molecular flexibility index (Phi) is 9.33. The molecule has 0 bridgehead atoms. The Morgan fingerprint density at radius 3 is 2.57 bits per heavy atom. The molecule has 0 saturated carbocycles. The molecule has 5 nitrogen and oxygen atoms in total. The van der Waals surface area contributed by atoms with Crippen molar-refractivity contribution in [3.8, 4) is 5.75 Å². The third-order valence-corrected chi connectivity index (χ3v) is 3.24. The second-order valence-electron chi connectivity index (χ2n) is 5.92. The van der Waals surface area contributed by atoms with E-state index >= 15 is 0 Å². The van der Waals surface area contributed by atoms with E-state index in [-0.39, 0.29) is 19.0 Å². The van der Waals surface area contributed by atoms with Gasteiger partial charge in [0.2, 0.25) is 0 Å². The third-order valence-electron chi connectivity index (χ3n) is 3.24. The molecule has 2 N–H and O–H groups in total. The van der Waals surface area contributed by atoms with Gasteiger partial charge < -0.3 is 19.9 Å². The molecule has 0 amide bonds. The predicted octanol–water partition coefficient (Wildman–Crippen LogP) is 2.31. The van der Waals surface area contributed by atoms with Crippen molar-refractivity contribution in [3.63, 3.8) is 0 Å². The monoisotopic (exact) mass is 323 g/mol. The number of aliphatic hydroxyl groups excluding tert-OH is 1. The van der Waals surface area contributed by atoms with E-state index < -0.39 is 6.10 Å². The minimum absolute atomic E-state index is 0.206. The van der Waals surface area contributed by atoms with E-state index in [1.807, 2.05) is 26.0 Å². The van der Waals surface area contributed by atoms with Gasteiger partial charge in [0, 0.05) is 12.6 Å². The maximum absolute atomic E-state index is 11.6. The molecule has 0 saturated heterocycles. The molecule has 0 radical (unpaired) electrons. The van der Waals surface area contributed by atoms with E-state index in [4.69, 9.17) is 9.47 Å². The average Bonchev–Trinajstić information content (AvgIpc) is 2.52. The smallest absolute Gasteiger partial charge is 0.310 e. The van der Waals surface area contributed by atoms with Crippen LogP contribution in [0, 0.1) is 0 Å². The van der Waals surface area contributed by atoms with E-state index in [0.29, 0.717) is 24.9 Å². The van der Waals surface area contributed by atoms with Gasteiger partial charge >= 0.3 is 5.97 Å². The molecule has 1 atom stereocenters. The highest BCUT2D eigenvalue weighted by atomic mass is 16.5. The maximum atomic E-state index is 11.6. The van der Waals surface area contributed by atoms with Crippen molar-refractivity contribution in [2.45, 2.75) is 52.2 Å². The standard InChI is InChI=1S/C18H29NO4/c1-4-5-10-22-18(21)11-15-6-8-17(9-7-15)23-13-16(20)12-19-14(2)3/h6-9,14,16,19-20H,4-5,10-13H2,1-3H3. The molecule has 0 spiro atoms. The molecular weight excluding hydrogens is 294 g/mol. The molecule has 1 unspecified atom stereocenters. The van der Waals surface area contributed by atoms with Crippen molar-refractivity contribution < 1.29 is 19.4 Å². The molecule has 23 heavy (non-hydrogen) atoms. The van der Waals surface area contributed by atoms with Gasteiger partial charge in [0.25, 0.3) is 0 Å². The largest absolute Gasteiger partial charge is 0.491 e. The first kappa shape index (κ1) is 19.5. The lowest BCUT2D eigenvalue weighted by Crippen LogP contribution is -2.35. The van der Waals surface area contributed by atoms with Gasteiger partial charge in [0.1, 0.15) is 18.5 Å². The van der Waals surface area contributed by atoms with Crippen LogP contribution in [-0.4, -0.2) is 43.0 Å². The number of ether oxygens (including phenoxy) is 2. The normalized spacial score (nSPS) is 12.2. The Hall–Kier alpha value is -1.59. The number of benzene rings is 1. The zero-order valence-corrected chi connectivity index (χ0v) is 14.4. The van der Waals surface area contributed by atoms with Gasteiger partial charge in [-0.2, -0.15) is 0 Å². The number of hydrogen-bond donors (Lipinski definition) is 2. The number of esters is 1. The predicted molar refractivity (Wildman–Crippen MR) is 90.7 cm³/mol. The molecule has 1 rings (SSSR count). The fourth-order valence-corrected chi connectivity index (χ4v) is 1.87. The lowest BCUT2D eigenvalue weighted by atomic mass is 10.1. The molecule has 0 aliphatic carbocycles. The maximum Gasteiger partial charge on any atom is 0.310 e. The number of unbranched alkanes of at least 4 members (excludes halogenated alkanes) is 1. The molecule has 0 aliphatic rings. The van der Waals surface area contributed by atoms with Gasteiger partial charge in [0.15, 0.2) is 0 Å². The first-order valence-electron chi connectivity index (χ1n) is 8.30. The van der Waals surface area contributed by atoms with Gasteiger partial charge in [0.05, 0.1) is 13.0 Å². The van der Waals surface area contributed by atoms with Crippen LogP contribution in [0.15, 0.2) is 24.3 Å². The van der Waals surface area contributed by atoms with Crippen molar-refractivity contribution in [3.05, 3.63) is 29.8 Å². The number of hydrogen-bond acceptors (Lipinski definition) is 5. The Balaban J connectivity index is 2.31. The van der Waals surface area contributed by atoms with E-state index in [9.17, 15) is 9.90 Å². The molecular formula is C18H29NO4. The Bertz CT molecular complexity index is 445. The van der Waals surface area contributed by atoms with Crippen LogP contribution in [0.4, 0.5) is 0 Å². The lowest BCUT2D eigenvalue weighted by Gasteiger charge is -2.15. The van der Waals surface area contributed by atoms with Gasteiger partial charge in [-0.05, 0) is 24.1 Å². The highest BCUT2D eigenvalue weighted by Gasteiger charge is 2.07. The topological polar surface area (TPSA) is 67.8 Å². The molecule has 0 aromatic heterocycles. The van der Waals surface area contributed by atoms with Crippen LogP contribution >= 0.6 is 0 Å². The van der Waals surface area contributed by atoms with Gasteiger partial charge in [-0.15, -0.1) is 0 Å². The average molecular weight is 323 g/mol. The summed E-state index contributed by atoms with van der Waals surface area (Å²) in [6.45, 7) is 7.33. The lowest BCUT2D eigenvalue weighted by molar-refractivity contribution is -0.142. The SMILES string of the molecule is CCCCOC(=O)Cc1ccc(OCC(O)CNC(C)C)cc1. The number of nitrogens with one attached hydrogen (secondary N) is 1. The van der Waals surface area contributed by atoms with Crippen molar-refractivity contribution in [2.75, 3.05) is 19.8 Å². The van der Waals surface area contributed by atoms with Crippen LogP contribution in [0.25, 0.3) is 0 Å². The second kappa shape index (κ2) is 11.0. The quantitative estimate of drug-likeness (QED) is 0.483. The summed E-state index contributed by atoms with van der Waals surface area (Å²) in [5.74, 6) is 0.471. The fourth-order valence-electron chi connectivity index (χ4n) is 1.87. The first-order chi connectivity index (χ1) is 11.0. The highest BCUT2D eigenvalue weighted by Crippen LogP contribution is 2.13. The van der Waals surface area contributed by atoms with Gasteiger partial charge in [-0.25, -0.2) is 0 Å². The number of carbonyl (C=O) groups is 1. The Morgan fingerprint density at radius 1 is 1.26 bits per heavy atom. The minimum Gasteiger partial charge on any atom is -0.491 e. The van der Waals surface area contributed by atoms with Crippen molar-refractivity contribution in [1.82, 2.24) is 5.32 Å². The minimum atomic E-state index is -0.550.